The molecule has 0 aromatic carbocycles. The standard InChI is InChI=1S/C8H12F4N2/c9-7(10)3-1-4(13)6(5(14)2-3)8(7,11)12/h3-6H,1-2,13-14H2. The molecule has 2 bridgehead atoms. The third-order valence-corrected chi connectivity index (χ3v) is 3.41. The molecule has 0 aliphatic heterocycles. The van der Waals surface area contributed by atoms with Gasteiger partial charge in [0.2, 0.25) is 0 Å². The lowest BCUT2D eigenvalue weighted by Gasteiger charge is -2.53. The first kappa shape index (κ1) is 10.2. The van der Waals surface area contributed by atoms with E-state index in [-0.39, 0.29) is 12.8 Å². The van der Waals surface area contributed by atoms with Crippen LogP contribution in [0, 0.1) is 11.8 Å². The lowest BCUT2D eigenvalue weighted by atomic mass is 9.61. The highest BCUT2D eigenvalue weighted by Gasteiger charge is 2.73. The predicted molar refractivity (Wildman–Crippen MR) is 42.1 cm³/mol. The van der Waals surface area contributed by atoms with Gasteiger partial charge in [0.05, 0.1) is 5.92 Å². The molecule has 0 aromatic rings. The van der Waals surface area contributed by atoms with Crippen LogP contribution in [-0.2, 0) is 0 Å². The maximum Gasteiger partial charge on any atom is 0.316 e. The molecule has 3 aliphatic rings. The smallest absolute Gasteiger partial charge is 0.316 e. The Hall–Kier alpha value is -0.360. The zero-order valence-corrected chi connectivity index (χ0v) is 7.39. The van der Waals surface area contributed by atoms with Crippen molar-refractivity contribution in [1.29, 1.82) is 0 Å². The van der Waals surface area contributed by atoms with Crippen LogP contribution >= 0.6 is 0 Å². The molecule has 0 aromatic heterocycles. The van der Waals surface area contributed by atoms with Gasteiger partial charge in [-0.05, 0) is 12.8 Å². The molecule has 0 radical (unpaired) electrons. The van der Waals surface area contributed by atoms with E-state index in [4.69, 9.17) is 11.5 Å². The van der Waals surface area contributed by atoms with Crippen molar-refractivity contribution in [2.24, 2.45) is 23.3 Å². The fourth-order valence-electron chi connectivity index (χ4n) is 2.69. The summed E-state index contributed by atoms with van der Waals surface area (Å²) in [7, 11) is 0. The maximum atomic E-state index is 13.3. The van der Waals surface area contributed by atoms with Crippen LogP contribution in [-0.4, -0.2) is 23.9 Å². The van der Waals surface area contributed by atoms with Gasteiger partial charge in [-0.25, -0.2) is 0 Å². The molecule has 3 rings (SSSR count). The van der Waals surface area contributed by atoms with Gasteiger partial charge in [0.15, 0.2) is 0 Å². The largest absolute Gasteiger partial charge is 0.327 e. The van der Waals surface area contributed by atoms with Gasteiger partial charge in [-0.15, -0.1) is 0 Å². The zero-order valence-electron chi connectivity index (χ0n) is 7.39. The normalized spacial score (nSPS) is 49.3. The van der Waals surface area contributed by atoms with E-state index in [1.807, 2.05) is 0 Å². The van der Waals surface area contributed by atoms with Gasteiger partial charge in [0.25, 0.3) is 0 Å². The van der Waals surface area contributed by atoms with Crippen molar-refractivity contribution < 1.29 is 17.6 Å². The molecule has 0 spiro atoms. The average molecular weight is 212 g/mol. The van der Waals surface area contributed by atoms with Gasteiger partial charge < -0.3 is 11.5 Å². The summed E-state index contributed by atoms with van der Waals surface area (Å²) in [6.45, 7) is 0. The van der Waals surface area contributed by atoms with Gasteiger partial charge in [-0.3, -0.25) is 0 Å². The SMILES string of the molecule is NC1CC2CC(N)C1C(F)(F)C2(F)F. The van der Waals surface area contributed by atoms with Crippen LogP contribution in [0.1, 0.15) is 12.8 Å². The van der Waals surface area contributed by atoms with E-state index in [1.54, 1.807) is 0 Å². The minimum atomic E-state index is -4.05. The summed E-state index contributed by atoms with van der Waals surface area (Å²) >= 11 is 0. The van der Waals surface area contributed by atoms with Crippen LogP contribution in [0.2, 0.25) is 0 Å². The first-order chi connectivity index (χ1) is 6.28. The third kappa shape index (κ3) is 0.982. The fourth-order valence-corrected chi connectivity index (χ4v) is 2.69. The second-order valence-corrected chi connectivity index (χ2v) is 4.27. The minimum Gasteiger partial charge on any atom is -0.327 e. The number of halogens is 4. The summed E-state index contributed by atoms with van der Waals surface area (Å²) in [6, 6.07) is -1.81. The van der Waals surface area contributed by atoms with E-state index in [1.165, 1.54) is 0 Å². The monoisotopic (exact) mass is 212 g/mol. The average Bonchev–Trinajstić information content (AvgIpc) is 1.99. The first-order valence-corrected chi connectivity index (χ1v) is 4.55. The molecule has 14 heavy (non-hydrogen) atoms. The highest BCUT2D eigenvalue weighted by Crippen LogP contribution is 2.57. The molecule has 82 valence electrons. The molecule has 0 saturated heterocycles. The van der Waals surface area contributed by atoms with Gasteiger partial charge in [0.1, 0.15) is 0 Å². The minimum absolute atomic E-state index is 0.0546. The number of fused-ring (bicyclic) bond motifs is 3. The molecule has 0 heterocycles. The van der Waals surface area contributed by atoms with Crippen molar-refractivity contribution >= 4 is 0 Å². The summed E-state index contributed by atoms with van der Waals surface area (Å²) in [5.41, 5.74) is 10.8. The quantitative estimate of drug-likeness (QED) is 0.587. The highest BCUT2D eigenvalue weighted by molar-refractivity contribution is 5.12. The second-order valence-electron chi connectivity index (χ2n) is 4.27. The lowest BCUT2D eigenvalue weighted by Crippen LogP contribution is -2.71. The topological polar surface area (TPSA) is 52.0 Å². The number of hydrogen-bond acceptors (Lipinski definition) is 2. The van der Waals surface area contributed by atoms with E-state index in [9.17, 15) is 17.6 Å². The first-order valence-electron chi connectivity index (χ1n) is 4.55. The van der Waals surface area contributed by atoms with Crippen molar-refractivity contribution in [2.75, 3.05) is 0 Å². The van der Waals surface area contributed by atoms with Crippen molar-refractivity contribution in [3.05, 3.63) is 0 Å². The van der Waals surface area contributed by atoms with Crippen LogP contribution in [0.4, 0.5) is 17.6 Å². The summed E-state index contributed by atoms with van der Waals surface area (Å²) in [5.74, 6) is -10.9. The molecule has 3 aliphatic carbocycles. The molecule has 2 atom stereocenters. The van der Waals surface area contributed by atoms with Gasteiger partial charge >= 0.3 is 11.8 Å². The Morgan fingerprint density at radius 1 is 0.857 bits per heavy atom. The molecule has 3 fully saturated rings. The van der Waals surface area contributed by atoms with Crippen molar-refractivity contribution in [1.82, 2.24) is 0 Å². The Bertz CT molecular complexity index is 244. The molecule has 2 nitrogen and oxygen atoms in total. The Kier molecular flexibility index (Phi) is 1.89. The number of hydrogen-bond donors (Lipinski definition) is 2. The van der Waals surface area contributed by atoms with Crippen LogP contribution in [0.15, 0.2) is 0 Å². The van der Waals surface area contributed by atoms with E-state index < -0.39 is 35.8 Å². The van der Waals surface area contributed by atoms with Crippen molar-refractivity contribution in [3.63, 3.8) is 0 Å². The van der Waals surface area contributed by atoms with E-state index >= 15 is 0 Å². The van der Waals surface area contributed by atoms with E-state index in [0.29, 0.717) is 0 Å². The number of rotatable bonds is 0. The molecular weight excluding hydrogens is 200 g/mol. The van der Waals surface area contributed by atoms with E-state index in [0.717, 1.165) is 0 Å². The summed E-state index contributed by atoms with van der Waals surface area (Å²) in [4.78, 5) is 0. The molecule has 2 unspecified atom stereocenters. The maximum absolute atomic E-state index is 13.3. The third-order valence-electron chi connectivity index (χ3n) is 3.41. The lowest BCUT2D eigenvalue weighted by molar-refractivity contribution is -0.308. The number of alkyl halides is 4. The van der Waals surface area contributed by atoms with E-state index in [2.05, 4.69) is 0 Å². The van der Waals surface area contributed by atoms with Gasteiger partial charge in [0, 0.05) is 18.0 Å². The molecule has 4 N–H and O–H groups in total. The molecular formula is C8H12F4N2. The zero-order chi connectivity index (χ0) is 10.7. The van der Waals surface area contributed by atoms with Crippen LogP contribution in [0.25, 0.3) is 0 Å². The van der Waals surface area contributed by atoms with Gasteiger partial charge in [-0.2, -0.15) is 17.6 Å². The number of nitrogens with two attached hydrogens (primary N) is 2. The predicted octanol–water partition coefficient (Wildman–Crippen LogP) is 0.951. The fraction of sp³-hybridized carbons (Fsp3) is 1.00. The van der Waals surface area contributed by atoms with Crippen LogP contribution in [0.5, 0.6) is 0 Å². The Balaban J connectivity index is 2.41. The molecule has 6 heteroatoms. The van der Waals surface area contributed by atoms with Gasteiger partial charge in [-0.1, -0.05) is 0 Å². The second kappa shape index (κ2) is 2.61. The summed E-state index contributed by atoms with van der Waals surface area (Å²) in [5, 5.41) is 0. The Morgan fingerprint density at radius 3 is 1.57 bits per heavy atom. The highest BCUT2D eigenvalue weighted by atomic mass is 19.3. The summed E-state index contributed by atoms with van der Waals surface area (Å²) in [6.07, 6.45) is -0.109. The van der Waals surface area contributed by atoms with Crippen molar-refractivity contribution in [2.45, 2.75) is 36.8 Å². The summed E-state index contributed by atoms with van der Waals surface area (Å²) < 4.78 is 52.9. The Morgan fingerprint density at radius 2 is 1.29 bits per heavy atom. The van der Waals surface area contributed by atoms with Crippen LogP contribution in [0.3, 0.4) is 0 Å². The van der Waals surface area contributed by atoms with Crippen molar-refractivity contribution in [3.8, 4) is 0 Å². The Labute approximate surface area is 78.6 Å². The van der Waals surface area contributed by atoms with Crippen LogP contribution < -0.4 is 11.5 Å². The molecule has 3 saturated carbocycles. The molecule has 0 amide bonds.